The molecule has 1 unspecified atom stereocenters. The van der Waals surface area contributed by atoms with Crippen LogP contribution in [-0.2, 0) is 4.79 Å². The normalized spacial score (nSPS) is 13.8. The Bertz CT molecular complexity index is 409. The molecule has 0 aliphatic rings. The molecule has 0 aliphatic carbocycles. The van der Waals surface area contributed by atoms with Crippen LogP contribution in [-0.4, -0.2) is 41.5 Å². The smallest absolute Gasteiger partial charge is 0.258 e. The summed E-state index contributed by atoms with van der Waals surface area (Å²) < 4.78 is 18.1. The summed E-state index contributed by atoms with van der Waals surface area (Å²) in [4.78, 5) is 11.3. The van der Waals surface area contributed by atoms with Gasteiger partial charge in [0.1, 0.15) is 5.60 Å². The molecule has 0 aromatic heterocycles. The summed E-state index contributed by atoms with van der Waals surface area (Å²) in [6.45, 7) is 0.442. The van der Waals surface area contributed by atoms with Gasteiger partial charge in [0.2, 0.25) is 0 Å². The number of ether oxygens (including phenoxy) is 1. The second-order valence-electron chi connectivity index (χ2n) is 4.15. The van der Waals surface area contributed by atoms with Crippen LogP contribution in [0.5, 0.6) is 5.75 Å². The molecule has 0 spiro atoms. The summed E-state index contributed by atoms with van der Waals surface area (Å²) >= 11 is 0. The van der Waals surface area contributed by atoms with Crippen LogP contribution in [0, 0.1) is 5.82 Å². The molecular formula is C12H16FNO4. The Labute approximate surface area is 104 Å². The number of hydrogen-bond donors (Lipinski definition) is 3. The van der Waals surface area contributed by atoms with E-state index in [2.05, 4.69) is 5.32 Å². The molecule has 1 aromatic carbocycles. The van der Waals surface area contributed by atoms with Crippen molar-refractivity contribution in [2.24, 2.45) is 0 Å². The van der Waals surface area contributed by atoms with Crippen molar-refractivity contribution in [3.63, 3.8) is 0 Å². The number of amides is 1. The van der Waals surface area contributed by atoms with Gasteiger partial charge in [-0.3, -0.25) is 4.79 Å². The highest BCUT2D eigenvalue weighted by Crippen LogP contribution is 2.14. The van der Waals surface area contributed by atoms with Gasteiger partial charge in [0.05, 0.1) is 6.61 Å². The Morgan fingerprint density at radius 2 is 2.17 bits per heavy atom. The van der Waals surface area contributed by atoms with Crippen molar-refractivity contribution in [2.45, 2.75) is 12.5 Å². The first-order chi connectivity index (χ1) is 8.44. The van der Waals surface area contributed by atoms with Gasteiger partial charge in [0.15, 0.2) is 18.2 Å². The second kappa shape index (κ2) is 6.32. The average molecular weight is 257 g/mol. The van der Waals surface area contributed by atoms with E-state index >= 15 is 0 Å². The topological polar surface area (TPSA) is 78.8 Å². The van der Waals surface area contributed by atoms with E-state index in [-0.39, 0.29) is 18.9 Å². The molecule has 1 aromatic rings. The molecule has 0 radical (unpaired) electrons. The molecule has 0 bridgehead atoms. The minimum Gasteiger partial charge on any atom is -0.481 e. The maximum atomic E-state index is 13.1. The summed E-state index contributed by atoms with van der Waals surface area (Å²) in [6.07, 6.45) is 0. The maximum absolute atomic E-state index is 13.1. The number of rotatable bonds is 6. The van der Waals surface area contributed by atoms with Gasteiger partial charge >= 0.3 is 0 Å². The van der Waals surface area contributed by atoms with E-state index in [9.17, 15) is 14.3 Å². The van der Waals surface area contributed by atoms with Crippen molar-refractivity contribution in [2.75, 3.05) is 19.8 Å². The molecule has 1 amide bonds. The van der Waals surface area contributed by atoms with E-state index in [4.69, 9.17) is 9.84 Å². The molecular weight excluding hydrogens is 241 g/mol. The van der Waals surface area contributed by atoms with Gasteiger partial charge in [0.25, 0.3) is 5.91 Å². The Hall–Kier alpha value is -1.66. The van der Waals surface area contributed by atoms with Gasteiger partial charge in [-0.2, -0.15) is 0 Å². The number of halogens is 1. The number of aliphatic hydroxyl groups is 2. The molecule has 100 valence electrons. The summed E-state index contributed by atoms with van der Waals surface area (Å²) in [5.41, 5.74) is -1.38. The van der Waals surface area contributed by atoms with E-state index in [0.29, 0.717) is 0 Å². The van der Waals surface area contributed by atoms with Crippen molar-refractivity contribution in [1.29, 1.82) is 0 Å². The molecule has 3 N–H and O–H groups in total. The summed E-state index contributed by atoms with van der Waals surface area (Å²) in [5, 5.41) is 20.6. The fourth-order valence-corrected chi connectivity index (χ4v) is 1.10. The Morgan fingerprint density at radius 3 is 2.78 bits per heavy atom. The first-order valence-electron chi connectivity index (χ1n) is 5.42. The predicted molar refractivity (Wildman–Crippen MR) is 62.6 cm³/mol. The molecule has 1 atom stereocenters. The van der Waals surface area contributed by atoms with Gasteiger partial charge in [0, 0.05) is 6.54 Å². The quantitative estimate of drug-likeness (QED) is 0.673. The first kappa shape index (κ1) is 14.4. The fourth-order valence-electron chi connectivity index (χ4n) is 1.10. The number of benzene rings is 1. The van der Waals surface area contributed by atoms with E-state index < -0.39 is 23.9 Å². The van der Waals surface area contributed by atoms with Crippen LogP contribution in [0.25, 0.3) is 0 Å². The van der Waals surface area contributed by atoms with Crippen molar-refractivity contribution in [1.82, 2.24) is 5.32 Å². The number of nitrogens with one attached hydrogen (secondary N) is 1. The van der Waals surface area contributed by atoms with E-state index in [1.807, 2.05) is 0 Å². The van der Waals surface area contributed by atoms with Crippen LogP contribution >= 0.6 is 0 Å². The van der Waals surface area contributed by atoms with Gasteiger partial charge in [-0.15, -0.1) is 0 Å². The number of para-hydroxylation sites is 1. The third-order valence-electron chi connectivity index (χ3n) is 2.20. The van der Waals surface area contributed by atoms with E-state index in [1.165, 1.54) is 25.1 Å². The third-order valence-corrected chi connectivity index (χ3v) is 2.20. The summed E-state index contributed by atoms with van der Waals surface area (Å²) in [5.74, 6) is -1.07. The fraction of sp³-hybridized carbons (Fsp3) is 0.417. The zero-order chi connectivity index (χ0) is 13.6. The van der Waals surface area contributed by atoms with E-state index in [1.54, 1.807) is 6.07 Å². The SMILES string of the molecule is CC(O)(CO)CNC(=O)COc1ccccc1F. The molecule has 5 nitrogen and oxygen atoms in total. The van der Waals surface area contributed by atoms with Crippen LogP contribution in [0.2, 0.25) is 0 Å². The highest BCUT2D eigenvalue weighted by atomic mass is 19.1. The minimum atomic E-state index is -1.38. The molecule has 0 fully saturated rings. The lowest BCUT2D eigenvalue weighted by molar-refractivity contribution is -0.124. The Balaban J connectivity index is 2.36. The van der Waals surface area contributed by atoms with Gasteiger partial charge < -0.3 is 20.3 Å². The molecule has 0 saturated heterocycles. The number of carbonyl (C=O) groups excluding carboxylic acids is 1. The average Bonchev–Trinajstić information content (AvgIpc) is 2.35. The van der Waals surface area contributed by atoms with Crippen LogP contribution in [0.4, 0.5) is 4.39 Å². The van der Waals surface area contributed by atoms with Crippen LogP contribution in [0.3, 0.4) is 0 Å². The van der Waals surface area contributed by atoms with Crippen molar-refractivity contribution < 1.29 is 24.1 Å². The lowest BCUT2D eigenvalue weighted by atomic mass is 10.1. The van der Waals surface area contributed by atoms with Crippen molar-refractivity contribution in [3.8, 4) is 5.75 Å². The number of hydrogen-bond acceptors (Lipinski definition) is 4. The van der Waals surface area contributed by atoms with Gasteiger partial charge in [-0.05, 0) is 19.1 Å². The first-order valence-corrected chi connectivity index (χ1v) is 5.42. The van der Waals surface area contributed by atoms with Crippen LogP contribution in [0.1, 0.15) is 6.92 Å². The number of carbonyl (C=O) groups is 1. The Morgan fingerprint density at radius 1 is 1.50 bits per heavy atom. The zero-order valence-electron chi connectivity index (χ0n) is 10.0. The lowest BCUT2D eigenvalue weighted by Crippen LogP contribution is -2.44. The van der Waals surface area contributed by atoms with Crippen molar-refractivity contribution in [3.05, 3.63) is 30.1 Å². The largest absolute Gasteiger partial charge is 0.481 e. The van der Waals surface area contributed by atoms with Gasteiger partial charge in [-0.1, -0.05) is 12.1 Å². The minimum absolute atomic E-state index is 0.0124. The third kappa shape index (κ3) is 4.68. The lowest BCUT2D eigenvalue weighted by Gasteiger charge is -2.20. The molecule has 0 heterocycles. The maximum Gasteiger partial charge on any atom is 0.258 e. The molecule has 1 rings (SSSR count). The van der Waals surface area contributed by atoms with Crippen LogP contribution < -0.4 is 10.1 Å². The van der Waals surface area contributed by atoms with E-state index in [0.717, 1.165) is 0 Å². The second-order valence-corrected chi connectivity index (χ2v) is 4.15. The molecule has 0 saturated carbocycles. The Kier molecular flexibility index (Phi) is 5.06. The predicted octanol–water partition coefficient (Wildman–Crippen LogP) is 0.0640. The molecule has 6 heteroatoms. The molecule has 0 aliphatic heterocycles. The summed E-state index contributed by atoms with van der Waals surface area (Å²) in [7, 11) is 0. The zero-order valence-corrected chi connectivity index (χ0v) is 10.0. The number of aliphatic hydroxyl groups excluding tert-OH is 1. The monoisotopic (exact) mass is 257 g/mol. The molecule has 18 heavy (non-hydrogen) atoms. The van der Waals surface area contributed by atoms with Crippen molar-refractivity contribution >= 4 is 5.91 Å². The highest BCUT2D eigenvalue weighted by molar-refractivity contribution is 5.77. The van der Waals surface area contributed by atoms with Crippen LogP contribution in [0.15, 0.2) is 24.3 Å². The van der Waals surface area contributed by atoms with Gasteiger partial charge in [-0.25, -0.2) is 4.39 Å². The highest BCUT2D eigenvalue weighted by Gasteiger charge is 2.19. The summed E-state index contributed by atoms with van der Waals surface area (Å²) in [6, 6.07) is 5.74. The standard InChI is InChI=1S/C12H16FNO4/c1-12(17,8-15)7-14-11(16)6-18-10-5-3-2-4-9(10)13/h2-5,15,17H,6-8H2,1H3,(H,14,16).